The number of hydrogen-bond acceptors (Lipinski definition) is 3. The molecule has 0 fully saturated rings. The minimum Gasteiger partial charge on any atom is -0.493 e. The van der Waals surface area contributed by atoms with Crippen molar-refractivity contribution in [2.75, 3.05) is 11.9 Å². The number of ether oxygens (including phenoxy) is 1. The monoisotopic (exact) mass is 364 g/mol. The van der Waals surface area contributed by atoms with Gasteiger partial charge >= 0.3 is 0 Å². The van der Waals surface area contributed by atoms with E-state index in [1.165, 1.54) is 6.20 Å². The summed E-state index contributed by atoms with van der Waals surface area (Å²) >= 11 is 3.24. The van der Waals surface area contributed by atoms with Gasteiger partial charge in [-0.15, -0.1) is 0 Å². The molecule has 0 aliphatic heterocycles. The Hall–Kier alpha value is -2.08. The molecule has 0 bridgehead atoms. The molecule has 0 atom stereocenters. The number of rotatable bonds is 6. The standard InChI is InChI=1S/C16H17BrN2O3/c1-11-5-2-3-6-14(11)22-8-4-7-15(20)19-13-9-12(17)10-18-16(13)21/h2-3,5-6,9-10H,4,7-8H2,1H3,(H,18,21)(H,19,20). The predicted molar refractivity (Wildman–Crippen MR) is 89.3 cm³/mol. The number of H-pyrrole nitrogens is 1. The van der Waals surface area contributed by atoms with Crippen LogP contribution in [0.1, 0.15) is 18.4 Å². The van der Waals surface area contributed by atoms with Gasteiger partial charge in [-0.2, -0.15) is 0 Å². The van der Waals surface area contributed by atoms with Gasteiger partial charge in [0.25, 0.3) is 5.56 Å². The van der Waals surface area contributed by atoms with Crippen LogP contribution in [0.4, 0.5) is 5.69 Å². The van der Waals surface area contributed by atoms with Crippen molar-refractivity contribution in [1.29, 1.82) is 0 Å². The van der Waals surface area contributed by atoms with Crippen molar-refractivity contribution < 1.29 is 9.53 Å². The van der Waals surface area contributed by atoms with E-state index in [0.29, 0.717) is 17.5 Å². The molecule has 2 rings (SSSR count). The maximum absolute atomic E-state index is 11.8. The molecule has 0 aliphatic carbocycles. The van der Waals surface area contributed by atoms with Crippen LogP contribution in [-0.4, -0.2) is 17.5 Å². The molecule has 1 aromatic carbocycles. The van der Waals surface area contributed by atoms with Gasteiger partial charge in [-0.3, -0.25) is 9.59 Å². The van der Waals surface area contributed by atoms with Gasteiger partial charge in [-0.05, 0) is 47.0 Å². The molecule has 0 spiro atoms. The normalized spacial score (nSPS) is 10.3. The van der Waals surface area contributed by atoms with Crippen molar-refractivity contribution in [3.63, 3.8) is 0 Å². The van der Waals surface area contributed by atoms with Crippen molar-refractivity contribution in [1.82, 2.24) is 4.98 Å². The van der Waals surface area contributed by atoms with E-state index in [2.05, 4.69) is 26.2 Å². The summed E-state index contributed by atoms with van der Waals surface area (Å²) in [6, 6.07) is 9.30. The van der Waals surface area contributed by atoms with Crippen molar-refractivity contribution in [3.05, 3.63) is 56.9 Å². The number of aryl methyl sites for hydroxylation is 1. The third kappa shape index (κ3) is 4.73. The fourth-order valence-electron chi connectivity index (χ4n) is 1.90. The van der Waals surface area contributed by atoms with Gasteiger partial charge in [0.15, 0.2) is 0 Å². The molecule has 22 heavy (non-hydrogen) atoms. The number of para-hydroxylation sites is 1. The first-order chi connectivity index (χ1) is 10.6. The molecule has 6 heteroatoms. The summed E-state index contributed by atoms with van der Waals surface area (Å²) < 4.78 is 6.32. The highest BCUT2D eigenvalue weighted by Gasteiger charge is 2.06. The smallest absolute Gasteiger partial charge is 0.271 e. The van der Waals surface area contributed by atoms with Crippen molar-refractivity contribution in [3.8, 4) is 5.75 Å². The highest BCUT2D eigenvalue weighted by Crippen LogP contribution is 2.16. The van der Waals surface area contributed by atoms with Gasteiger partial charge in [0.2, 0.25) is 5.91 Å². The van der Waals surface area contributed by atoms with Crippen LogP contribution < -0.4 is 15.6 Å². The topological polar surface area (TPSA) is 71.2 Å². The Morgan fingerprint density at radius 2 is 2.14 bits per heavy atom. The molecule has 2 aromatic rings. The van der Waals surface area contributed by atoms with Crippen LogP contribution in [-0.2, 0) is 4.79 Å². The quantitative estimate of drug-likeness (QED) is 0.772. The summed E-state index contributed by atoms with van der Waals surface area (Å²) in [4.78, 5) is 25.9. The average molecular weight is 365 g/mol. The summed E-state index contributed by atoms with van der Waals surface area (Å²) in [6.45, 7) is 2.43. The molecule has 5 nitrogen and oxygen atoms in total. The minimum atomic E-state index is -0.326. The molecular formula is C16H17BrN2O3. The fraction of sp³-hybridized carbons (Fsp3) is 0.250. The molecule has 0 aliphatic rings. The zero-order valence-corrected chi connectivity index (χ0v) is 13.8. The second-order valence-corrected chi connectivity index (χ2v) is 5.74. The first-order valence-corrected chi connectivity index (χ1v) is 7.72. The molecule has 1 heterocycles. The second kappa shape index (κ2) is 7.79. The van der Waals surface area contributed by atoms with Crippen molar-refractivity contribution in [2.45, 2.75) is 19.8 Å². The van der Waals surface area contributed by atoms with Gasteiger partial charge in [-0.1, -0.05) is 18.2 Å². The lowest BCUT2D eigenvalue weighted by Gasteiger charge is -2.09. The van der Waals surface area contributed by atoms with Gasteiger partial charge in [0.1, 0.15) is 11.4 Å². The van der Waals surface area contributed by atoms with Gasteiger partial charge in [0.05, 0.1) is 6.61 Å². The molecule has 2 N–H and O–H groups in total. The van der Waals surface area contributed by atoms with E-state index in [9.17, 15) is 9.59 Å². The number of benzene rings is 1. The van der Waals surface area contributed by atoms with Crippen LogP contribution >= 0.6 is 15.9 Å². The predicted octanol–water partition coefficient (Wildman–Crippen LogP) is 3.24. The molecule has 0 saturated heterocycles. The molecule has 0 unspecified atom stereocenters. The summed E-state index contributed by atoms with van der Waals surface area (Å²) in [5, 5.41) is 2.59. The minimum absolute atomic E-state index is 0.211. The molecule has 1 amide bonds. The first kappa shape index (κ1) is 16.3. The molecule has 0 radical (unpaired) electrons. The summed E-state index contributed by atoms with van der Waals surface area (Å²) in [5.74, 6) is 0.614. The van der Waals surface area contributed by atoms with Crippen molar-refractivity contribution >= 4 is 27.5 Å². The van der Waals surface area contributed by atoms with E-state index >= 15 is 0 Å². The Bertz CT molecular complexity index is 713. The lowest BCUT2D eigenvalue weighted by molar-refractivity contribution is -0.116. The Morgan fingerprint density at radius 3 is 2.91 bits per heavy atom. The number of amides is 1. The maximum atomic E-state index is 11.8. The third-order valence-corrected chi connectivity index (χ3v) is 3.50. The van der Waals surface area contributed by atoms with Crippen molar-refractivity contribution in [2.24, 2.45) is 0 Å². The van der Waals surface area contributed by atoms with Crippen LogP contribution in [0.25, 0.3) is 0 Å². The zero-order valence-electron chi connectivity index (χ0n) is 12.2. The summed E-state index contributed by atoms with van der Waals surface area (Å²) in [7, 11) is 0. The SMILES string of the molecule is Cc1ccccc1OCCCC(=O)Nc1cc(Br)c[nH]c1=O. The first-order valence-electron chi connectivity index (χ1n) is 6.93. The van der Waals surface area contributed by atoms with E-state index in [-0.39, 0.29) is 23.6 Å². The molecule has 116 valence electrons. The largest absolute Gasteiger partial charge is 0.493 e. The zero-order chi connectivity index (χ0) is 15.9. The number of nitrogens with one attached hydrogen (secondary N) is 2. The number of carbonyl (C=O) groups is 1. The second-order valence-electron chi connectivity index (χ2n) is 4.83. The van der Waals surface area contributed by atoms with Crippen LogP contribution in [0.3, 0.4) is 0 Å². The maximum Gasteiger partial charge on any atom is 0.271 e. The molecular weight excluding hydrogens is 348 g/mol. The van der Waals surface area contributed by atoms with Gasteiger partial charge in [-0.25, -0.2) is 0 Å². The fourth-order valence-corrected chi connectivity index (χ4v) is 2.24. The van der Waals surface area contributed by atoms with Crippen LogP contribution in [0.2, 0.25) is 0 Å². The number of halogens is 1. The van der Waals surface area contributed by atoms with E-state index in [4.69, 9.17) is 4.74 Å². The summed E-state index contributed by atoms with van der Waals surface area (Å²) in [6.07, 6.45) is 2.39. The third-order valence-electron chi connectivity index (χ3n) is 3.04. The Labute approximate surface area is 136 Å². The Balaban J connectivity index is 1.78. The molecule has 0 saturated carbocycles. The van der Waals surface area contributed by atoms with E-state index < -0.39 is 0 Å². The van der Waals surface area contributed by atoms with Gasteiger partial charge < -0.3 is 15.0 Å². The highest BCUT2D eigenvalue weighted by molar-refractivity contribution is 9.10. The number of hydrogen-bond donors (Lipinski definition) is 2. The lowest BCUT2D eigenvalue weighted by Crippen LogP contribution is -2.19. The number of carbonyl (C=O) groups excluding carboxylic acids is 1. The van der Waals surface area contributed by atoms with Crippen LogP contribution in [0, 0.1) is 6.92 Å². The summed E-state index contributed by atoms with van der Waals surface area (Å²) in [5.41, 5.74) is 0.972. The Morgan fingerprint density at radius 1 is 1.36 bits per heavy atom. The number of anilines is 1. The van der Waals surface area contributed by atoms with Crippen LogP contribution in [0.15, 0.2) is 45.8 Å². The Kier molecular flexibility index (Phi) is 5.77. The molecule has 1 aromatic heterocycles. The average Bonchev–Trinajstić information content (AvgIpc) is 2.49. The highest BCUT2D eigenvalue weighted by atomic mass is 79.9. The number of pyridine rings is 1. The van der Waals surface area contributed by atoms with Gasteiger partial charge in [0, 0.05) is 17.1 Å². The van der Waals surface area contributed by atoms with E-state index in [1.54, 1.807) is 6.07 Å². The number of aromatic nitrogens is 1. The number of aromatic amines is 1. The lowest BCUT2D eigenvalue weighted by atomic mass is 10.2. The van der Waals surface area contributed by atoms with E-state index in [0.717, 1.165) is 11.3 Å². The van der Waals surface area contributed by atoms with E-state index in [1.807, 2.05) is 31.2 Å². The van der Waals surface area contributed by atoms with Crippen LogP contribution in [0.5, 0.6) is 5.75 Å².